The van der Waals surface area contributed by atoms with Crippen molar-refractivity contribution in [2.75, 3.05) is 38.1 Å². The first-order chi connectivity index (χ1) is 10.3. The molecule has 2 aliphatic rings. The second kappa shape index (κ2) is 6.75. The van der Waals surface area contributed by atoms with Crippen molar-refractivity contribution in [3.05, 3.63) is 29.6 Å². The molecule has 1 saturated carbocycles. The maximum atomic E-state index is 13.8. The van der Waals surface area contributed by atoms with Crippen LogP contribution in [0.1, 0.15) is 31.2 Å². The van der Waals surface area contributed by atoms with Gasteiger partial charge in [0.05, 0.1) is 0 Å². The van der Waals surface area contributed by atoms with Gasteiger partial charge in [0.2, 0.25) is 0 Å². The van der Waals surface area contributed by atoms with Gasteiger partial charge in [-0.1, -0.05) is 12.8 Å². The molecule has 1 saturated heterocycles. The number of nitrogens with zero attached hydrogens (tertiary/aromatic N) is 2. The van der Waals surface area contributed by atoms with E-state index in [1.807, 2.05) is 7.05 Å². The van der Waals surface area contributed by atoms with Crippen molar-refractivity contribution in [3.8, 4) is 0 Å². The second-order valence-corrected chi connectivity index (χ2v) is 6.31. The van der Waals surface area contributed by atoms with Gasteiger partial charge in [0, 0.05) is 44.5 Å². The van der Waals surface area contributed by atoms with Crippen LogP contribution in [0.5, 0.6) is 0 Å². The van der Waals surface area contributed by atoms with Crippen LogP contribution in [0.4, 0.5) is 10.1 Å². The summed E-state index contributed by atoms with van der Waals surface area (Å²) in [6.07, 6.45) is 5.52. The zero-order valence-electron chi connectivity index (χ0n) is 12.9. The molecular formula is C17H26FN3. The summed E-state index contributed by atoms with van der Waals surface area (Å²) >= 11 is 0. The monoisotopic (exact) mass is 291 g/mol. The molecule has 0 amide bonds. The normalized spacial score (nSPS) is 21.1. The van der Waals surface area contributed by atoms with Crippen LogP contribution in [0, 0.1) is 5.82 Å². The van der Waals surface area contributed by atoms with E-state index in [1.165, 1.54) is 25.7 Å². The fraction of sp³-hybridized carbons (Fsp3) is 0.647. The van der Waals surface area contributed by atoms with Crippen LogP contribution in [-0.2, 0) is 6.54 Å². The number of hydrogen-bond donors (Lipinski definition) is 1. The molecule has 116 valence electrons. The maximum absolute atomic E-state index is 13.8. The third kappa shape index (κ3) is 3.55. The summed E-state index contributed by atoms with van der Waals surface area (Å²) < 4.78 is 13.8. The van der Waals surface area contributed by atoms with Gasteiger partial charge in [-0.25, -0.2) is 4.39 Å². The molecule has 0 aromatic heterocycles. The summed E-state index contributed by atoms with van der Waals surface area (Å²) in [4.78, 5) is 4.96. The van der Waals surface area contributed by atoms with Crippen LogP contribution < -0.4 is 10.2 Å². The second-order valence-electron chi connectivity index (χ2n) is 6.31. The minimum Gasteiger partial charge on any atom is -0.369 e. The predicted octanol–water partition coefficient (Wildman–Crippen LogP) is 2.61. The van der Waals surface area contributed by atoms with Crippen molar-refractivity contribution >= 4 is 5.69 Å². The molecule has 3 nitrogen and oxygen atoms in total. The molecule has 21 heavy (non-hydrogen) atoms. The third-order valence-electron chi connectivity index (χ3n) is 4.84. The molecular weight excluding hydrogens is 265 g/mol. The van der Waals surface area contributed by atoms with Crippen LogP contribution in [-0.4, -0.2) is 44.2 Å². The van der Waals surface area contributed by atoms with E-state index in [0.29, 0.717) is 6.54 Å². The average Bonchev–Trinajstić information content (AvgIpc) is 3.01. The fourth-order valence-electron chi connectivity index (χ4n) is 3.74. The molecule has 0 radical (unpaired) electrons. The molecule has 0 spiro atoms. The van der Waals surface area contributed by atoms with Crippen LogP contribution in [0.25, 0.3) is 0 Å². The van der Waals surface area contributed by atoms with Crippen molar-refractivity contribution in [2.24, 2.45) is 0 Å². The van der Waals surface area contributed by atoms with Crippen molar-refractivity contribution in [2.45, 2.75) is 38.3 Å². The number of halogens is 1. The van der Waals surface area contributed by atoms with E-state index in [9.17, 15) is 4.39 Å². The molecule has 2 fully saturated rings. The predicted molar refractivity (Wildman–Crippen MR) is 85.2 cm³/mol. The molecule has 0 unspecified atom stereocenters. The van der Waals surface area contributed by atoms with E-state index in [-0.39, 0.29) is 5.82 Å². The highest BCUT2D eigenvalue weighted by molar-refractivity contribution is 5.49. The highest BCUT2D eigenvalue weighted by Gasteiger charge is 2.26. The third-order valence-corrected chi connectivity index (χ3v) is 4.84. The number of piperazine rings is 1. The molecule has 1 aliphatic heterocycles. The quantitative estimate of drug-likeness (QED) is 0.920. The van der Waals surface area contributed by atoms with Crippen LogP contribution >= 0.6 is 0 Å². The van der Waals surface area contributed by atoms with Crippen molar-refractivity contribution in [3.63, 3.8) is 0 Å². The first-order valence-corrected chi connectivity index (χ1v) is 8.19. The summed E-state index contributed by atoms with van der Waals surface area (Å²) in [6, 6.07) is 6.21. The van der Waals surface area contributed by atoms with Gasteiger partial charge in [0.15, 0.2) is 0 Å². The summed E-state index contributed by atoms with van der Waals surface area (Å²) in [5, 5.41) is 3.09. The number of rotatable bonds is 4. The molecule has 4 heteroatoms. The number of benzene rings is 1. The Hall–Kier alpha value is -1.13. The minimum atomic E-state index is -0.129. The Bertz CT molecular complexity index is 463. The summed E-state index contributed by atoms with van der Waals surface area (Å²) in [5.41, 5.74) is 2.05. The van der Waals surface area contributed by atoms with Gasteiger partial charge in [0.25, 0.3) is 0 Å². The Morgan fingerprint density at radius 1 is 1.10 bits per heavy atom. The molecule has 0 bridgehead atoms. The summed E-state index contributed by atoms with van der Waals surface area (Å²) in [7, 11) is 1.89. The number of anilines is 1. The molecule has 1 aliphatic carbocycles. The van der Waals surface area contributed by atoms with Crippen molar-refractivity contribution in [1.29, 1.82) is 0 Å². The first kappa shape index (κ1) is 14.8. The van der Waals surface area contributed by atoms with Crippen LogP contribution in [0.15, 0.2) is 18.2 Å². The van der Waals surface area contributed by atoms with Gasteiger partial charge in [-0.3, -0.25) is 4.90 Å². The maximum Gasteiger partial charge on any atom is 0.125 e. The topological polar surface area (TPSA) is 18.5 Å². The summed E-state index contributed by atoms with van der Waals surface area (Å²) in [6.45, 7) is 4.97. The molecule has 3 rings (SSSR count). The highest BCUT2D eigenvalue weighted by Crippen LogP contribution is 2.26. The van der Waals surface area contributed by atoms with Crippen LogP contribution in [0.2, 0.25) is 0 Å². The Balaban J connectivity index is 1.63. The summed E-state index contributed by atoms with van der Waals surface area (Å²) in [5.74, 6) is -0.129. The lowest BCUT2D eigenvalue weighted by Crippen LogP contribution is -2.49. The Kier molecular flexibility index (Phi) is 4.76. The van der Waals surface area contributed by atoms with Gasteiger partial charge < -0.3 is 10.2 Å². The van der Waals surface area contributed by atoms with Gasteiger partial charge in [-0.15, -0.1) is 0 Å². The lowest BCUT2D eigenvalue weighted by Gasteiger charge is -2.39. The fourth-order valence-corrected chi connectivity index (χ4v) is 3.74. The molecule has 1 aromatic rings. The highest BCUT2D eigenvalue weighted by atomic mass is 19.1. The van der Waals surface area contributed by atoms with Crippen molar-refractivity contribution < 1.29 is 4.39 Å². The first-order valence-electron chi connectivity index (χ1n) is 8.19. The van der Waals surface area contributed by atoms with E-state index < -0.39 is 0 Å². The zero-order valence-corrected chi connectivity index (χ0v) is 12.9. The molecule has 1 aromatic carbocycles. The van der Waals surface area contributed by atoms with E-state index in [0.717, 1.165) is 43.5 Å². The average molecular weight is 291 g/mol. The van der Waals surface area contributed by atoms with Gasteiger partial charge in [-0.2, -0.15) is 0 Å². The van der Waals surface area contributed by atoms with Gasteiger partial charge >= 0.3 is 0 Å². The Morgan fingerprint density at radius 2 is 1.81 bits per heavy atom. The van der Waals surface area contributed by atoms with Gasteiger partial charge in [-0.05, 0) is 43.7 Å². The lowest BCUT2D eigenvalue weighted by molar-refractivity contribution is 0.187. The van der Waals surface area contributed by atoms with E-state index in [2.05, 4.69) is 21.2 Å². The lowest BCUT2D eigenvalue weighted by atomic mass is 10.1. The van der Waals surface area contributed by atoms with Gasteiger partial charge in [0.1, 0.15) is 5.82 Å². The largest absolute Gasteiger partial charge is 0.369 e. The molecule has 1 heterocycles. The van der Waals surface area contributed by atoms with Crippen molar-refractivity contribution in [1.82, 2.24) is 10.2 Å². The van der Waals surface area contributed by atoms with E-state index >= 15 is 0 Å². The van der Waals surface area contributed by atoms with Crippen LogP contribution in [0.3, 0.4) is 0 Å². The number of hydrogen-bond acceptors (Lipinski definition) is 3. The van der Waals surface area contributed by atoms with E-state index in [1.54, 1.807) is 12.1 Å². The zero-order chi connectivity index (χ0) is 14.7. The molecule has 0 atom stereocenters. The smallest absolute Gasteiger partial charge is 0.125 e. The Morgan fingerprint density at radius 3 is 2.48 bits per heavy atom. The SMILES string of the molecule is CNCc1cc(F)cc(N2CCN(C3CCCC3)CC2)c1. The Labute approximate surface area is 127 Å². The standard InChI is InChI=1S/C17H26FN3/c1-19-13-14-10-15(18)12-17(11-14)21-8-6-20(7-9-21)16-4-2-3-5-16/h10-12,16,19H,2-9,13H2,1H3. The van der Waals surface area contributed by atoms with E-state index in [4.69, 9.17) is 0 Å². The minimum absolute atomic E-state index is 0.129. The molecule has 1 N–H and O–H groups in total. The number of nitrogens with one attached hydrogen (secondary N) is 1.